The lowest BCUT2D eigenvalue weighted by Gasteiger charge is -2.13. The summed E-state index contributed by atoms with van der Waals surface area (Å²) in [5.74, 6) is 0.629. The molecule has 0 saturated carbocycles. The van der Waals surface area contributed by atoms with Gasteiger partial charge in [0.05, 0.1) is 18.1 Å². The molecule has 27 heavy (non-hydrogen) atoms. The molecule has 0 aliphatic rings. The van der Waals surface area contributed by atoms with Crippen LogP contribution in [-0.2, 0) is 16.0 Å². The molecule has 7 nitrogen and oxygen atoms in total. The van der Waals surface area contributed by atoms with Gasteiger partial charge in [0.2, 0.25) is 17.8 Å². The van der Waals surface area contributed by atoms with Crippen LogP contribution >= 0.6 is 0 Å². The summed E-state index contributed by atoms with van der Waals surface area (Å²) >= 11 is 0. The van der Waals surface area contributed by atoms with Crippen molar-refractivity contribution in [3.8, 4) is 5.75 Å². The fourth-order valence-corrected chi connectivity index (χ4v) is 2.67. The minimum Gasteiger partial charge on any atom is -0.497 e. The van der Waals surface area contributed by atoms with E-state index in [9.17, 15) is 9.59 Å². The average molecular weight is 366 g/mol. The Morgan fingerprint density at radius 2 is 1.89 bits per heavy atom. The van der Waals surface area contributed by atoms with Crippen LogP contribution in [0.25, 0.3) is 11.0 Å². The first kappa shape index (κ1) is 18.4. The molecule has 2 amide bonds. The van der Waals surface area contributed by atoms with E-state index in [1.807, 2.05) is 48.5 Å². The van der Waals surface area contributed by atoms with E-state index >= 15 is 0 Å². The number of hydrogen-bond acceptors (Lipinski definition) is 4. The van der Waals surface area contributed by atoms with Crippen molar-refractivity contribution in [1.82, 2.24) is 15.3 Å². The Labute approximate surface area is 157 Å². The van der Waals surface area contributed by atoms with Crippen LogP contribution in [0.3, 0.4) is 0 Å². The summed E-state index contributed by atoms with van der Waals surface area (Å²) in [6.45, 7) is 1.64. The molecule has 0 fully saturated rings. The number of hydrogen-bond donors (Lipinski definition) is 3. The Kier molecular flexibility index (Phi) is 5.71. The normalized spacial score (nSPS) is 11.8. The first-order valence-electron chi connectivity index (χ1n) is 8.73. The van der Waals surface area contributed by atoms with Gasteiger partial charge < -0.3 is 15.0 Å². The Hall–Kier alpha value is -3.35. The number of rotatable bonds is 7. The number of carbonyl (C=O) groups excluding carboxylic acids is 2. The Balaban J connectivity index is 1.48. The van der Waals surface area contributed by atoms with Gasteiger partial charge in [-0.1, -0.05) is 24.3 Å². The second-order valence-corrected chi connectivity index (χ2v) is 6.23. The predicted molar refractivity (Wildman–Crippen MR) is 104 cm³/mol. The molecule has 1 aromatic heterocycles. The van der Waals surface area contributed by atoms with Crippen LogP contribution in [0.1, 0.15) is 18.9 Å². The summed E-state index contributed by atoms with van der Waals surface area (Å²) in [6.07, 6.45) is 0.891. The maximum Gasteiger partial charge on any atom is 0.248 e. The molecule has 0 spiro atoms. The van der Waals surface area contributed by atoms with E-state index in [0.29, 0.717) is 18.8 Å². The van der Waals surface area contributed by atoms with E-state index in [1.54, 1.807) is 14.0 Å². The van der Waals surface area contributed by atoms with E-state index in [4.69, 9.17) is 4.74 Å². The van der Waals surface area contributed by atoms with Crippen LogP contribution in [0.4, 0.5) is 5.95 Å². The molecule has 140 valence electrons. The molecular formula is C20H22N4O3. The number of aromatic nitrogens is 2. The smallest absolute Gasteiger partial charge is 0.248 e. The number of H-pyrrole nitrogens is 1. The molecule has 0 unspecified atom stereocenters. The summed E-state index contributed by atoms with van der Waals surface area (Å²) in [5, 5.41) is 5.40. The van der Waals surface area contributed by atoms with Crippen molar-refractivity contribution < 1.29 is 14.3 Å². The van der Waals surface area contributed by atoms with Crippen molar-refractivity contribution in [2.75, 3.05) is 12.4 Å². The molecule has 3 rings (SSSR count). The SMILES string of the molecule is COc1ccc(CCC(=O)N[C@H](C)C(=O)Nc2nc3ccccc3[nH]2)cc1. The average Bonchev–Trinajstić information content (AvgIpc) is 3.09. The number of nitrogens with zero attached hydrogens (tertiary/aromatic N) is 1. The zero-order valence-corrected chi connectivity index (χ0v) is 15.3. The van der Waals surface area contributed by atoms with Crippen LogP contribution in [0.15, 0.2) is 48.5 Å². The maximum atomic E-state index is 12.3. The van der Waals surface area contributed by atoms with Gasteiger partial charge >= 0.3 is 0 Å². The van der Waals surface area contributed by atoms with Crippen molar-refractivity contribution in [3.63, 3.8) is 0 Å². The van der Waals surface area contributed by atoms with Crippen molar-refractivity contribution >= 4 is 28.8 Å². The van der Waals surface area contributed by atoms with Crippen LogP contribution in [0.5, 0.6) is 5.75 Å². The number of aryl methyl sites for hydroxylation is 1. The second kappa shape index (κ2) is 8.35. The lowest BCUT2D eigenvalue weighted by molar-refractivity contribution is -0.126. The van der Waals surface area contributed by atoms with Gasteiger partial charge in [0.25, 0.3) is 0 Å². The van der Waals surface area contributed by atoms with Crippen molar-refractivity contribution in [1.29, 1.82) is 0 Å². The van der Waals surface area contributed by atoms with Crippen LogP contribution in [-0.4, -0.2) is 34.9 Å². The van der Waals surface area contributed by atoms with Gasteiger partial charge in [0, 0.05) is 6.42 Å². The number of benzene rings is 2. The number of imidazole rings is 1. The third kappa shape index (κ3) is 4.84. The zero-order chi connectivity index (χ0) is 19.2. The van der Waals surface area contributed by atoms with Gasteiger partial charge in [0.15, 0.2) is 0 Å². The van der Waals surface area contributed by atoms with E-state index in [0.717, 1.165) is 22.3 Å². The monoisotopic (exact) mass is 366 g/mol. The lowest BCUT2D eigenvalue weighted by Crippen LogP contribution is -2.41. The third-order valence-electron chi connectivity index (χ3n) is 4.20. The Morgan fingerprint density at radius 1 is 1.15 bits per heavy atom. The quantitative estimate of drug-likeness (QED) is 0.599. The molecule has 1 atom stereocenters. The molecule has 7 heteroatoms. The molecule has 0 aliphatic carbocycles. The minimum atomic E-state index is -0.665. The number of methoxy groups -OCH3 is 1. The van der Waals surface area contributed by atoms with Gasteiger partial charge in [0.1, 0.15) is 11.8 Å². The number of aromatic amines is 1. The van der Waals surface area contributed by atoms with E-state index in [1.165, 1.54) is 0 Å². The molecule has 0 saturated heterocycles. The highest BCUT2D eigenvalue weighted by Crippen LogP contribution is 2.14. The summed E-state index contributed by atoms with van der Waals surface area (Å²) in [7, 11) is 1.61. The lowest BCUT2D eigenvalue weighted by atomic mass is 10.1. The van der Waals surface area contributed by atoms with Crippen molar-refractivity contribution in [2.24, 2.45) is 0 Å². The predicted octanol–water partition coefficient (Wildman–Crippen LogP) is 2.65. The maximum absolute atomic E-state index is 12.3. The summed E-state index contributed by atoms with van der Waals surface area (Å²) < 4.78 is 5.11. The van der Waals surface area contributed by atoms with Crippen molar-refractivity contribution in [2.45, 2.75) is 25.8 Å². The standard InChI is InChI=1S/C20H22N4O3/c1-13(19(26)24-20-22-16-5-3-4-6-17(16)23-20)21-18(25)12-9-14-7-10-15(27-2)11-8-14/h3-8,10-11,13H,9,12H2,1-2H3,(H,21,25)(H2,22,23,24,26)/t13-/m1/s1. The molecule has 3 N–H and O–H groups in total. The Morgan fingerprint density at radius 3 is 2.59 bits per heavy atom. The highest BCUT2D eigenvalue weighted by molar-refractivity contribution is 5.96. The van der Waals surface area contributed by atoms with E-state index in [-0.39, 0.29) is 11.8 Å². The van der Waals surface area contributed by atoms with Crippen LogP contribution in [0, 0.1) is 0 Å². The minimum absolute atomic E-state index is 0.182. The third-order valence-corrected chi connectivity index (χ3v) is 4.20. The molecule has 3 aromatic rings. The fourth-order valence-electron chi connectivity index (χ4n) is 2.67. The molecular weight excluding hydrogens is 344 g/mol. The number of ether oxygens (including phenoxy) is 1. The van der Waals surface area contributed by atoms with Gasteiger partial charge in [-0.15, -0.1) is 0 Å². The van der Waals surface area contributed by atoms with Crippen molar-refractivity contribution in [3.05, 3.63) is 54.1 Å². The van der Waals surface area contributed by atoms with Crippen LogP contribution < -0.4 is 15.4 Å². The largest absolute Gasteiger partial charge is 0.497 e. The molecule has 0 bridgehead atoms. The highest BCUT2D eigenvalue weighted by atomic mass is 16.5. The van der Waals surface area contributed by atoms with E-state index in [2.05, 4.69) is 20.6 Å². The first-order valence-corrected chi connectivity index (χ1v) is 8.73. The summed E-state index contributed by atoms with van der Waals surface area (Å²) in [4.78, 5) is 31.7. The van der Waals surface area contributed by atoms with Crippen LogP contribution in [0.2, 0.25) is 0 Å². The van der Waals surface area contributed by atoms with Gasteiger partial charge in [-0.05, 0) is 43.2 Å². The molecule has 0 aliphatic heterocycles. The number of fused-ring (bicyclic) bond motifs is 1. The zero-order valence-electron chi connectivity index (χ0n) is 15.3. The number of carbonyl (C=O) groups is 2. The fraction of sp³-hybridized carbons (Fsp3) is 0.250. The van der Waals surface area contributed by atoms with E-state index < -0.39 is 6.04 Å². The second-order valence-electron chi connectivity index (χ2n) is 6.23. The summed E-state index contributed by atoms with van der Waals surface area (Å²) in [6, 6.07) is 14.4. The molecule has 2 aromatic carbocycles. The van der Waals surface area contributed by atoms with Gasteiger partial charge in [-0.3, -0.25) is 14.9 Å². The number of nitrogens with one attached hydrogen (secondary N) is 3. The molecule has 0 radical (unpaired) electrons. The molecule has 1 heterocycles. The van der Waals surface area contributed by atoms with Gasteiger partial charge in [-0.2, -0.15) is 0 Å². The number of para-hydroxylation sites is 2. The number of amides is 2. The highest BCUT2D eigenvalue weighted by Gasteiger charge is 2.17. The number of anilines is 1. The topological polar surface area (TPSA) is 96.1 Å². The Bertz CT molecular complexity index is 901. The van der Waals surface area contributed by atoms with Gasteiger partial charge in [-0.25, -0.2) is 4.98 Å². The first-order chi connectivity index (χ1) is 13.0. The summed E-state index contributed by atoms with van der Waals surface area (Å²) in [5.41, 5.74) is 2.64.